The van der Waals surface area contributed by atoms with E-state index in [1.54, 1.807) is 25.1 Å². The summed E-state index contributed by atoms with van der Waals surface area (Å²) >= 11 is 3.37. The molecule has 3 aromatic rings. The van der Waals surface area contributed by atoms with Crippen molar-refractivity contribution in [2.45, 2.75) is 13.1 Å². The molecule has 0 saturated carbocycles. The van der Waals surface area contributed by atoms with Gasteiger partial charge in [-0.1, -0.05) is 22.0 Å². The first kappa shape index (κ1) is 14.1. The average molecular weight is 356 g/mol. The highest BCUT2D eigenvalue weighted by atomic mass is 79.9. The van der Waals surface area contributed by atoms with Crippen molar-refractivity contribution < 1.29 is 17.6 Å². The van der Waals surface area contributed by atoms with Gasteiger partial charge >= 0.3 is 6.18 Å². The van der Waals surface area contributed by atoms with Gasteiger partial charge in [0, 0.05) is 4.47 Å². The lowest BCUT2D eigenvalue weighted by Gasteiger charge is -2.12. The first-order valence-corrected chi connectivity index (χ1v) is 6.86. The Morgan fingerprint density at radius 2 is 1.86 bits per heavy atom. The summed E-state index contributed by atoms with van der Waals surface area (Å²) < 4.78 is 44.6. The smallest absolute Gasteiger partial charge is 0.416 e. The molecule has 2 nitrogen and oxygen atoms in total. The highest BCUT2D eigenvalue weighted by Gasteiger charge is 2.31. The fraction of sp³-hybridized carbons (Fsp3) is 0.133. The Balaban J connectivity index is 2.22. The number of alkyl halides is 3. The summed E-state index contributed by atoms with van der Waals surface area (Å²) in [6, 6.07) is 7.39. The molecule has 0 aliphatic heterocycles. The van der Waals surface area contributed by atoms with Crippen molar-refractivity contribution in [3.8, 4) is 11.1 Å². The number of halogens is 4. The van der Waals surface area contributed by atoms with Crippen molar-refractivity contribution in [3.05, 3.63) is 52.3 Å². The van der Waals surface area contributed by atoms with Crippen LogP contribution in [0.25, 0.3) is 22.2 Å². The molecule has 0 atom stereocenters. The molecule has 3 rings (SSSR count). The minimum absolute atomic E-state index is 0.485. The maximum absolute atomic E-state index is 12.9. The largest absolute Gasteiger partial charge is 0.443 e. The SMILES string of the molecule is Cc1cc(-c2cc3ncoc3cc2Br)cc(C(F)(F)F)c1. The summed E-state index contributed by atoms with van der Waals surface area (Å²) in [6.45, 7) is 1.64. The monoisotopic (exact) mass is 355 g/mol. The van der Waals surface area contributed by atoms with Gasteiger partial charge in [0.25, 0.3) is 0 Å². The van der Waals surface area contributed by atoms with E-state index in [0.29, 0.717) is 32.3 Å². The summed E-state index contributed by atoms with van der Waals surface area (Å²) in [7, 11) is 0. The number of hydrogen-bond donors (Lipinski definition) is 0. The van der Waals surface area contributed by atoms with E-state index in [1.807, 2.05) is 0 Å². The van der Waals surface area contributed by atoms with Crippen LogP contribution in [0.15, 0.2) is 45.6 Å². The van der Waals surface area contributed by atoms with Gasteiger partial charge in [0.2, 0.25) is 0 Å². The Labute approximate surface area is 126 Å². The highest BCUT2D eigenvalue weighted by Crippen LogP contribution is 2.37. The number of benzene rings is 2. The summed E-state index contributed by atoms with van der Waals surface area (Å²) in [5, 5.41) is 0. The zero-order valence-corrected chi connectivity index (χ0v) is 12.4. The van der Waals surface area contributed by atoms with E-state index in [1.165, 1.54) is 6.39 Å². The normalized spacial score (nSPS) is 12.0. The van der Waals surface area contributed by atoms with Crippen LogP contribution < -0.4 is 0 Å². The number of hydrogen-bond acceptors (Lipinski definition) is 2. The van der Waals surface area contributed by atoms with Gasteiger partial charge in [-0.3, -0.25) is 0 Å². The molecular weight excluding hydrogens is 347 g/mol. The predicted molar refractivity (Wildman–Crippen MR) is 76.9 cm³/mol. The van der Waals surface area contributed by atoms with Crippen LogP contribution in [0.2, 0.25) is 0 Å². The highest BCUT2D eigenvalue weighted by molar-refractivity contribution is 9.10. The van der Waals surface area contributed by atoms with Crippen molar-refractivity contribution in [3.63, 3.8) is 0 Å². The van der Waals surface area contributed by atoms with E-state index in [4.69, 9.17) is 4.42 Å². The number of rotatable bonds is 1. The van der Waals surface area contributed by atoms with Gasteiger partial charge in [0.15, 0.2) is 12.0 Å². The summed E-state index contributed by atoms with van der Waals surface area (Å²) in [6.07, 6.45) is -3.07. The molecule has 0 aliphatic carbocycles. The molecule has 0 bridgehead atoms. The average Bonchev–Trinajstić information content (AvgIpc) is 2.83. The maximum Gasteiger partial charge on any atom is 0.416 e. The third-order valence-corrected chi connectivity index (χ3v) is 3.79. The van der Waals surface area contributed by atoms with Gasteiger partial charge in [-0.15, -0.1) is 0 Å². The fourth-order valence-corrected chi connectivity index (χ4v) is 2.75. The molecule has 1 heterocycles. The van der Waals surface area contributed by atoms with Crippen LogP contribution in [-0.2, 0) is 6.18 Å². The lowest BCUT2D eigenvalue weighted by Crippen LogP contribution is -2.05. The fourth-order valence-electron chi connectivity index (χ4n) is 2.20. The van der Waals surface area contributed by atoms with Crippen LogP contribution in [0, 0.1) is 6.92 Å². The van der Waals surface area contributed by atoms with Gasteiger partial charge in [-0.05, 0) is 47.9 Å². The first-order valence-electron chi connectivity index (χ1n) is 6.06. The molecule has 0 amide bonds. The molecular formula is C15H9BrF3NO. The summed E-state index contributed by atoms with van der Waals surface area (Å²) in [5.74, 6) is 0. The second-order valence-electron chi connectivity index (χ2n) is 4.74. The number of fused-ring (bicyclic) bond motifs is 1. The summed E-state index contributed by atoms with van der Waals surface area (Å²) in [5.41, 5.74) is 2.19. The van der Waals surface area contributed by atoms with E-state index >= 15 is 0 Å². The van der Waals surface area contributed by atoms with Gasteiger partial charge < -0.3 is 4.42 Å². The Bertz CT molecular complexity index is 823. The number of oxazole rings is 1. The Hall–Kier alpha value is -1.82. The van der Waals surface area contributed by atoms with Gasteiger partial charge in [0.1, 0.15) is 5.52 Å². The molecule has 0 saturated heterocycles. The topological polar surface area (TPSA) is 26.0 Å². The maximum atomic E-state index is 12.9. The van der Waals surface area contributed by atoms with Crippen LogP contribution in [0.1, 0.15) is 11.1 Å². The molecule has 0 radical (unpaired) electrons. The number of nitrogens with zero attached hydrogens (tertiary/aromatic N) is 1. The van der Waals surface area contributed by atoms with E-state index < -0.39 is 11.7 Å². The molecule has 0 unspecified atom stereocenters. The molecule has 0 aliphatic rings. The lowest BCUT2D eigenvalue weighted by molar-refractivity contribution is -0.137. The minimum Gasteiger partial charge on any atom is -0.443 e. The molecule has 6 heteroatoms. The third kappa shape index (κ3) is 2.68. The van der Waals surface area contributed by atoms with Crippen LogP contribution >= 0.6 is 15.9 Å². The second-order valence-corrected chi connectivity index (χ2v) is 5.59. The molecule has 0 spiro atoms. The van der Waals surface area contributed by atoms with E-state index in [0.717, 1.165) is 12.1 Å². The second kappa shape index (κ2) is 4.87. The van der Waals surface area contributed by atoms with Crippen molar-refractivity contribution in [1.29, 1.82) is 0 Å². The number of aryl methyl sites for hydroxylation is 1. The Morgan fingerprint density at radius 3 is 2.57 bits per heavy atom. The Morgan fingerprint density at radius 1 is 1.10 bits per heavy atom. The molecule has 21 heavy (non-hydrogen) atoms. The van der Waals surface area contributed by atoms with Crippen molar-refractivity contribution in [2.75, 3.05) is 0 Å². The van der Waals surface area contributed by atoms with E-state index in [-0.39, 0.29) is 0 Å². The Kier molecular flexibility index (Phi) is 3.28. The zero-order valence-electron chi connectivity index (χ0n) is 10.8. The van der Waals surface area contributed by atoms with E-state index in [2.05, 4.69) is 20.9 Å². The molecule has 0 fully saturated rings. The zero-order chi connectivity index (χ0) is 15.2. The van der Waals surface area contributed by atoms with Crippen molar-refractivity contribution >= 4 is 27.0 Å². The molecule has 1 aromatic heterocycles. The van der Waals surface area contributed by atoms with Gasteiger partial charge in [-0.2, -0.15) is 13.2 Å². The molecule has 108 valence electrons. The lowest BCUT2D eigenvalue weighted by atomic mass is 9.99. The third-order valence-electron chi connectivity index (χ3n) is 3.14. The number of aromatic nitrogens is 1. The van der Waals surface area contributed by atoms with Gasteiger partial charge in [0.05, 0.1) is 5.56 Å². The van der Waals surface area contributed by atoms with Gasteiger partial charge in [-0.25, -0.2) is 4.98 Å². The standard InChI is InChI=1S/C15H9BrF3NO/c1-8-2-9(4-10(3-8)15(17,18)19)11-5-13-14(6-12(11)16)21-7-20-13/h2-7H,1H3. The predicted octanol–water partition coefficient (Wildman–Crippen LogP) is 5.58. The van der Waals surface area contributed by atoms with Crippen LogP contribution in [0.5, 0.6) is 0 Å². The minimum atomic E-state index is -4.37. The quantitative estimate of drug-likeness (QED) is 0.569. The summed E-state index contributed by atoms with van der Waals surface area (Å²) in [4.78, 5) is 4.03. The van der Waals surface area contributed by atoms with Crippen LogP contribution in [0.3, 0.4) is 0 Å². The molecule has 0 N–H and O–H groups in total. The van der Waals surface area contributed by atoms with Crippen molar-refractivity contribution in [2.24, 2.45) is 0 Å². The van der Waals surface area contributed by atoms with Crippen LogP contribution in [0.4, 0.5) is 13.2 Å². The first-order chi connectivity index (χ1) is 9.84. The van der Waals surface area contributed by atoms with Crippen LogP contribution in [-0.4, -0.2) is 4.98 Å². The van der Waals surface area contributed by atoms with E-state index in [9.17, 15) is 13.2 Å². The van der Waals surface area contributed by atoms with Crippen molar-refractivity contribution in [1.82, 2.24) is 4.98 Å². The molecule has 2 aromatic carbocycles.